The Balaban J connectivity index is 2.00. The van der Waals surface area contributed by atoms with Crippen molar-refractivity contribution in [2.75, 3.05) is 39.3 Å². The summed E-state index contributed by atoms with van der Waals surface area (Å²) in [6.45, 7) is 14.7. The number of carbonyl (C=O) groups excluding carboxylic acids is 3. The van der Waals surface area contributed by atoms with Gasteiger partial charge in [0.1, 0.15) is 6.04 Å². The lowest BCUT2D eigenvalue weighted by Gasteiger charge is -2.38. The molecule has 0 aromatic rings. The maximum absolute atomic E-state index is 14.3. The summed E-state index contributed by atoms with van der Waals surface area (Å²) in [5, 5.41) is 9.22. The number of unbranched alkanes of at least 4 members (excludes halogenated alkanes) is 4. The van der Waals surface area contributed by atoms with Gasteiger partial charge in [-0.3, -0.25) is 14.4 Å². The van der Waals surface area contributed by atoms with Gasteiger partial charge in [0.25, 0.3) is 0 Å². The molecule has 3 saturated heterocycles. The summed E-state index contributed by atoms with van der Waals surface area (Å²) in [7, 11) is 0. The third kappa shape index (κ3) is 6.04. The lowest BCUT2D eigenvalue weighted by atomic mass is 9.70. The second-order valence-electron chi connectivity index (χ2n) is 10.8. The van der Waals surface area contributed by atoms with Crippen molar-refractivity contribution in [1.82, 2.24) is 14.7 Å². The van der Waals surface area contributed by atoms with E-state index in [1.165, 1.54) is 0 Å². The number of likely N-dealkylation sites (tertiary alicyclic amines) is 1. The standard InChI is InChI=1S/C29H46BrN3O4S/c1-5-9-11-17-32(16-8-4)28(37)25-29-20-21(30)24(38-29)22(26(35)31(14-6-2)15-7-3)23(29)27(36)33(25)18-12-10-13-19-34/h6,8,21-25,34H,2,4-5,7,9-20H2,1,3H3/t21?,22-,23-,24-,25?,29?/m0/s1. The largest absolute Gasteiger partial charge is 0.396 e. The predicted octanol–water partition coefficient (Wildman–Crippen LogP) is 4.24. The maximum atomic E-state index is 14.3. The summed E-state index contributed by atoms with van der Waals surface area (Å²) in [4.78, 5) is 48.1. The fourth-order valence-electron chi connectivity index (χ4n) is 6.60. The first-order valence-corrected chi connectivity index (χ1v) is 16.1. The SMILES string of the molecule is C=CCN(CCCCC)C(=O)C1N(CCCCCO)C(=O)[C@@H]2[C@H](C(=O)N(CC=C)CCC)[C@H]3SC12CC3Br. The number of halogens is 1. The number of hydrogen-bond acceptors (Lipinski definition) is 5. The van der Waals surface area contributed by atoms with E-state index in [0.29, 0.717) is 45.6 Å². The van der Waals surface area contributed by atoms with Gasteiger partial charge >= 0.3 is 0 Å². The van der Waals surface area contributed by atoms with Crippen molar-refractivity contribution in [3.63, 3.8) is 0 Å². The number of alkyl halides is 1. The smallest absolute Gasteiger partial charge is 0.247 e. The van der Waals surface area contributed by atoms with Gasteiger partial charge in [-0.2, -0.15) is 0 Å². The molecule has 1 spiro atoms. The van der Waals surface area contributed by atoms with E-state index in [4.69, 9.17) is 0 Å². The number of rotatable bonds is 17. The van der Waals surface area contributed by atoms with Gasteiger partial charge in [-0.25, -0.2) is 0 Å². The first-order valence-electron chi connectivity index (χ1n) is 14.3. The van der Waals surface area contributed by atoms with Crippen LogP contribution in [-0.4, -0.2) is 97.7 Å². The average molecular weight is 613 g/mol. The molecule has 1 N–H and O–H groups in total. The van der Waals surface area contributed by atoms with Crippen LogP contribution in [0.25, 0.3) is 0 Å². The van der Waals surface area contributed by atoms with Gasteiger partial charge in [-0.1, -0.05) is 54.8 Å². The number of nitrogens with zero attached hydrogens (tertiary/aromatic N) is 3. The third-order valence-electron chi connectivity index (χ3n) is 8.21. The molecule has 0 aliphatic carbocycles. The minimum absolute atomic E-state index is 0.00727. The molecule has 0 aromatic heterocycles. The Morgan fingerprint density at radius 3 is 2.34 bits per heavy atom. The van der Waals surface area contributed by atoms with Crippen molar-refractivity contribution < 1.29 is 19.5 Å². The lowest BCUT2D eigenvalue weighted by Crippen LogP contribution is -2.56. The second-order valence-corrected chi connectivity index (χ2v) is 13.5. The first kappa shape index (κ1) is 31.2. The molecule has 3 rings (SSSR count). The predicted molar refractivity (Wildman–Crippen MR) is 158 cm³/mol. The molecular formula is C29H46BrN3O4S. The Bertz CT molecular complexity index is 873. The quantitative estimate of drug-likeness (QED) is 0.151. The first-order chi connectivity index (χ1) is 18.3. The zero-order valence-electron chi connectivity index (χ0n) is 23.2. The van der Waals surface area contributed by atoms with Gasteiger partial charge in [0, 0.05) is 49.4 Å². The molecule has 3 amide bonds. The summed E-state index contributed by atoms with van der Waals surface area (Å²) in [6, 6.07) is -0.595. The van der Waals surface area contributed by atoms with E-state index in [2.05, 4.69) is 36.0 Å². The molecule has 3 aliphatic heterocycles. The van der Waals surface area contributed by atoms with E-state index in [1.807, 2.05) is 16.7 Å². The van der Waals surface area contributed by atoms with Crippen LogP contribution < -0.4 is 0 Å². The van der Waals surface area contributed by atoms with Gasteiger partial charge in [-0.05, 0) is 38.5 Å². The molecule has 9 heteroatoms. The van der Waals surface area contributed by atoms with Crippen LogP contribution in [0, 0.1) is 11.8 Å². The number of aliphatic hydroxyl groups excluding tert-OH is 1. The fourth-order valence-corrected chi connectivity index (χ4v) is 10.2. The molecule has 7 nitrogen and oxygen atoms in total. The van der Waals surface area contributed by atoms with E-state index in [9.17, 15) is 19.5 Å². The second kappa shape index (κ2) is 14.4. The van der Waals surface area contributed by atoms with Crippen LogP contribution in [0.5, 0.6) is 0 Å². The summed E-state index contributed by atoms with van der Waals surface area (Å²) in [5.74, 6) is -1.02. The van der Waals surface area contributed by atoms with Crippen LogP contribution in [0.2, 0.25) is 0 Å². The van der Waals surface area contributed by atoms with E-state index < -0.39 is 22.6 Å². The molecule has 3 heterocycles. The van der Waals surface area contributed by atoms with E-state index in [1.54, 1.807) is 28.8 Å². The number of fused-ring (bicyclic) bond motifs is 1. The molecule has 3 aliphatic rings. The minimum Gasteiger partial charge on any atom is -0.396 e. The van der Waals surface area contributed by atoms with E-state index in [0.717, 1.165) is 38.5 Å². The molecular weight excluding hydrogens is 566 g/mol. The molecule has 3 fully saturated rings. The summed E-state index contributed by atoms with van der Waals surface area (Å²) >= 11 is 5.56. The van der Waals surface area contributed by atoms with Crippen LogP contribution in [0.4, 0.5) is 0 Å². The van der Waals surface area contributed by atoms with Crippen LogP contribution >= 0.6 is 27.7 Å². The van der Waals surface area contributed by atoms with Crippen molar-refractivity contribution in [2.24, 2.45) is 11.8 Å². The summed E-state index contributed by atoms with van der Waals surface area (Å²) in [5.41, 5.74) is 0. The van der Waals surface area contributed by atoms with Crippen LogP contribution in [0.3, 0.4) is 0 Å². The zero-order chi connectivity index (χ0) is 27.9. The molecule has 0 radical (unpaired) electrons. The van der Waals surface area contributed by atoms with Gasteiger partial charge in [0.15, 0.2) is 0 Å². The topological polar surface area (TPSA) is 81.2 Å². The summed E-state index contributed by atoms with van der Waals surface area (Å²) in [6.07, 6.45) is 10.2. The zero-order valence-corrected chi connectivity index (χ0v) is 25.6. The highest BCUT2D eigenvalue weighted by Crippen LogP contribution is 2.68. The number of thioether (sulfide) groups is 1. The third-order valence-corrected chi connectivity index (χ3v) is 11.4. The van der Waals surface area contributed by atoms with Gasteiger partial charge in [0.2, 0.25) is 17.7 Å². The van der Waals surface area contributed by atoms with Crippen molar-refractivity contribution in [3.05, 3.63) is 25.3 Å². The lowest BCUT2D eigenvalue weighted by molar-refractivity contribution is -0.144. The van der Waals surface area contributed by atoms with Crippen LogP contribution in [-0.2, 0) is 14.4 Å². The molecule has 6 atom stereocenters. The Morgan fingerprint density at radius 2 is 1.74 bits per heavy atom. The number of aliphatic hydroxyl groups is 1. The van der Waals surface area contributed by atoms with Crippen molar-refractivity contribution in [1.29, 1.82) is 0 Å². The monoisotopic (exact) mass is 611 g/mol. The number of carbonyl (C=O) groups is 3. The number of hydrogen-bond donors (Lipinski definition) is 1. The van der Waals surface area contributed by atoms with E-state index in [-0.39, 0.29) is 34.4 Å². The highest BCUT2D eigenvalue weighted by Gasteiger charge is 2.75. The van der Waals surface area contributed by atoms with Crippen molar-refractivity contribution in [2.45, 2.75) is 86.1 Å². The van der Waals surface area contributed by atoms with Crippen LogP contribution in [0.1, 0.15) is 65.2 Å². The maximum Gasteiger partial charge on any atom is 0.247 e. The number of amides is 3. The highest BCUT2D eigenvalue weighted by molar-refractivity contribution is 9.09. The normalized spacial score (nSPS) is 29.4. The molecule has 214 valence electrons. The Kier molecular flexibility index (Phi) is 11.8. The fraction of sp³-hybridized carbons (Fsp3) is 0.759. The molecule has 3 unspecified atom stereocenters. The molecule has 0 saturated carbocycles. The van der Waals surface area contributed by atoms with Crippen molar-refractivity contribution in [3.8, 4) is 0 Å². The Morgan fingerprint density at radius 1 is 1.05 bits per heavy atom. The molecule has 0 aromatic carbocycles. The van der Waals surface area contributed by atoms with Crippen LogP contribution in [0.15, 0.2) is 25.3 Å². The summed E-state index contributed by atoms with van der Waals surface area (Å²) < 4.78 is -0.624. The molecule has 38 heavy (non-hydrogen) atoms. The van der Waals surface area contributed by atoms with Gasteiger partial charge < -0.3 is 19.8 Å². The van der Waals surface area contributed by atoms with Crippen molar-refractivity contribution >= 4 is 45.4 Å². The van der Waals surface area contributed by atoms with E-state index >= 15 is 0 Å². The van der Waals surface area contributed by atoms with Gasteiger partial charge in [-0.15, -0.1) is 24.9 Å². The average Bonchev–Trinajstić information content (AvgIpc) is 3.48. The Hall–Kier alpha value is -1.32. The Labute approximate surface area is 241 Å². The highest BCUT2D eigenvalue weighted by atomic mass is 79.9. The van der Waals surface area contributed by atoms with Gasteiger partial charge in [0.05, 0.1) is 16.6 Å². The minimum atomic E-state index is -0.624. The molecule has 2 bridgehead atoms.